The number of hydrogen-bond donors (Lipinski definition) is 1. The number of nitrogens with one attached hydrogen (secondary N) is 1. The maximum atomic E-state index is 4.78. The lowest BCUT2D eigenvalue weighted by Gasteiger charge is -2.33. The Balaban J connectivity index is 0.00000192. The van der Waals surface area contributed by atoms with Crippen LogP contribution in [0, 0.1) is 5.41 Å². The van der Waals surface area contributed by atoms with Crippen LogP contribution in [-0.2, 0) is 13.6 Å². The molecule has 0 atom stereocenters. The standard InChI is InChI=1S/C16H28N6.HI/c1-3-17-15(18-11-14-19-13-20-21(14)2)22-10-9-16(12-22)7-5-4-6-8-16;/h13H,3-12H2,1-2H3,(H,17,18);1H. The average molecular weight is 432 g/mol. The molecule has 0 bridgehead atoms. The van der Waals surface area contributed by atoms with Gasteiger partial charge in [0.15, 0.2) is 5.96 Å². The predicted octanol–water partition coefficient (Wildman–Crippen LogP) is 2.55. The van der Waals surface area contributed by atoms with Gasteiger partial charge in [0.2, 0.25) is 0 Å². The normalized spacial score (nSPS) is 20.6. The molecular weight excluding hydrogens is 403 g/mol. The minimum atomic E-state index is 0. The van der Waals surface area contributed by atoms with Crippen molar-refractivity contribution in [1.82, 2.24) is 25.0 Å². The van der Waals surface area contributed by atoms with E-state index in [1.165, 1.54) is 38.5 Å². The summed E-state index contributed by atoms with van der Waals surface area (Å²) >= 11 is 0. The Bertz CT molecular complexity index is 520. The number of halogens is 1. The quantitative estimate of drug-likeness (QED) is 0.453. The van der Waals surface area contributed by atoms with E-state index < -0.39 is 0 Å². The number of rotatable bonds is 3. The second-order valence-electron chi connectivity index (χ2n) is 6.70. The number of guanidine groups is 1. The van der Waals surface area contributed by atoms with Crippen molar-refractivity contribution in [2.24, 2.45) is 17.5 Å². The zero-order valence-electron chi connectivity index (χ0n) is 14.3. The van der Waals surface area contributed by atoms with Crippen LogP contribution in [-0.4, -0.2) is 45.3 Å². The SMILES string of the molecule is CCNC(=NCc1ncnn1C)N1CCC2(CCCCC2)C1.I. The molecule has 2 aliphatic rings. The molecule has 1 N–H and O–H groups in total. The van der Waals surface area contributed by atoms with Gasteiger partial charge in [-0.25, -0.2) is 9.98 Å². The molecule has 7 heteroatoms. The minimum Gasteiger partial charge on any atom is -0.357 e. The fraction of sp³-hybridized carbons (Fsp3) is 0.812. The van der Waals surface area contributed by atoms with E-state index in [-0.39, 0.29) is 24.0 Å². The zero-order valence-corrected chi connectivity index (χ0v) is 16.6. The van der Waals surface area contributed by atoms with Crippen molar-refractivity contribution in [2.45, 2.75) is 52.0 Å². The Morgan fingerprint density at radius 2 is 2.09 bits per heavy atom. The van der Waals surface area contributed by atoms with Crippen molar-refractivity contribution in [3.63, 3.8) is 0 Å². The van der Waals surface area contributed by atoms with Crippen molar-refractivity contribution < 1.29 is 0 Å². The van der Waals surface area contributed by atoms with E-state index in [2.05, 4.69) is 27.2 Å². The summed E-state index contributed by atoms with van der Waals surface area (Å²) in [6.07, 6.45) is 9.92. The summed E-state index contributed by atoms with van der Waals surface area (Å²) in [5.41, 5.74) is 0.555. The molecule has 1 saturated carbocycles. The summed E-state index contributed by atoms with van der Waals surface area (Å²) in [6, 6.07) is 0. The number of likely N-dealkylation sites (tertiary alicyclic amines) is 1. The third kappa shape index (κ3) is 4.36. The Kier molecular flexibility index (Phi) is 6.67. The first-order chi connectivity index (χ1) is 10.7. The van der Waals surface area contributed by atoms with E-state index >= 15 is 0 Å². The van der Waals surface area contributed by atoms with Gasteiger partial charge < -0.3 is 10.2 Å². The molecule has 1 saturated heterocycles. The lowest BCUT2D eigenvalue weighted by molar-refractivity contribution is 0.203. The summed E-state index contributed by atoms with van der Waals surface area (Å²) in [6.45, 7) is 5.91. The second-order valence-corrected chi connectivity index (χ2v) is 6.70. The molecule has 2 fully saturated rings. The fourth-order valence-electron chi connectivity index (χ4n) is 3.86. The van der Waals surface area contributed by atoms with E-state index in [0.29, 0.717) is 12.0 Å². The molecule has 2 heterocycles. The summed E-state index contributed by atoms with van der Waals surface area (Å²) in [4.78, 5) is 11.5. The minimum absolute atomic E-state index is 0. The monoisotopic (exact) mass is 432 g/mol. The van der Waals surface area contributed by atoms with Crippen molar-refractivity contribution >= 4 is 29.9 Å². The van der Waals surface area contributed by atoms with Gasteiger partial charge in [-0.15, -0.1) is 24.0 Å². The molecule has 1 aromatic rings. The Labute approximate surface area is 156 Å². The lowest BCUT2D eigenvalue weighted by atomic mass is 9.73. The van der Waals surface area contributed by atoms with Crippen LogP contribution in [0.15, 0.2) is 11.3 Å². The van der Waals surface area contributed by atoms with E-state index in [1.807, 2.05) is 7.05 Å². The summed E-state index contributed by atoms with van der Waals surface area (Å²) in [5, 5.41) is 7.56. The van der Waals surface area contributed by atoms with E-state index in [9.17, 15) is 0 Å². The van der Waals surface area contributed by atoms with Crippen molar-refractivity contribution in [2.75, 3.05) is 19.6 Å². The lowest BCUT2D eigenvalue weighted by Crippen LogP contribution is -2.41. The molecule has 0 aromatic carbocycles. The molecule has 1 aliphatic carbocycles. The van der Waals surface area contributed by atoms with Crippen LogP contribution < -0.4 is 5.32 Å². The highest BCUT2D eigenvalue weighted by atomic mass is 127. The third-order valence-electron chi connectivity index (χ3n) is 5.16. The molecule has 1 aromatic heterocycles. The van der Waals surface area contributed by atoms with E-state index in [4.69, 9.17) is 4.99 Å². The number of aryl methyl sites for hydroxylation is 1. The summed E-state index contributed by atoms with van der Waals surface area (Å²) in [7, 11) is 1.91. The van der Waals surface area contributed by atoms with Gasteiger partial charge in [-0.1, -0.05) is 19.3 Å². The highest BCUT2D eigenvalue weighted by Crippen LogP contribution is 2.43. The van der Waals surface area contributed by atoms with Gasteiger partial charge in [0.1, 0.15) is 18.7 Å². The summed E-state index contributed by atoms with van der Waals surface area (Å²) in [5.74, 6) is 1.94. The molecule has 130 valence electrons. The smallest absolute Gasteiger partial charge is 0.194 e. The third-order valence-corrected chi connectivity index (χ3v) is 5.16. The largest absolute Gasteiger partial charge is 0.357 e. The topological polar surface area (TPSA) is 58.3 Å². The Morgan fingerprint density at radius 3 is 2.74 bits per heavy atom. The van der Waals surface area contributed by atoms with Gasteiger partial charge in [0, 0.05) is 26.7 Å². The van der Waals surface area contributed by atoms with Crippen molar-refractivity contribution in [3.8, 4) is 0 Å². The van der Waals surface area contributed by atoms with Gasteiger partial charge in [-0.2, -0.15) is 5.10 Å². The number of aliphatic imine (C=N–C) groups is 1. The van der Waals surface area contributed by atoms with Crippen LogP contribution in [0.3, 0.4) is 0 Å². The molecule has 23 heavy (non-hydrogen) atoms. The van der Waals surface area contributed by atoms with Gasteiger partial charge in [-0.3, -0.25) is 4.68 Å². The maximum absolute atomic E-state index is 4.78. The highest BCUT2D eigenvalue weighted by molar-refractivity contribution is 14.0. The molecule has 0 unspecified atom stereocenters. The first-order valence-electron chi connectivity index (χ1n) is 8.59. The van der Waals surface area contributed by atoms with Crippen molar-refractivity contribution in [1.29, 1.82) is 0 Å². The second kappa shape index (κ2) is 8.30. The van der Waals surface area contributed by atoms with E-state index in [0.717, 1.165) is 31.4 Å². The number of aromatic nitrogens is 3. The van der Waals surface area contributed by atoms with Gasteiger partial charge in [-0.05, 0) is 31.6 Å². The van der Waals surface area contributed by atoms with Crippen LogP contribution in [0.1, 0.15) is 51.3 Å². The van der Waals surface area contributed by atoms with Crippen LogP contribution >= 0.6 is 24.0 Å². The molecule has 0 amide bonds. The Hall–Kier alpha value is -0.860. The molecule has 0 radical (unpaired) electrons. The predicted molar refractivity (Wildman–Crippen MR) is 103 cm³/mol. The molecule has 1 aliphatic heterocycles. The van der Waals surface area contributed by atoms with Crippen LogP contribution in [0.5, 0.6) is 0 Å². The van der Waals surface area contributed by atoms with Gasteiger partial charge in [0.05, 0.1) is 0 Å². The van der Waals surface area contributed by atoms with E-state index in [1.54, 1.807) is 11.0 Å². The first-order valence-corrected chi connectivity index (χ1v) is 8.59. The molecular formula is C16H29IN6. The Morgan fingerprint density at radius 1 is 1.30 bits per heavy atom. The average Bonchev–Trinajstić information content (AvgIpc) is 3.12. The van der Waals surface area contributed by atoms with Crippen LogP contribution in [0.4, 0.5) is 0 Å². The van der Waals surface area contributed by atoms with Crippen LogP contribution in [0.2, 0.25) is 0 Å². The fourth-order valence-corrected chi connectivity index (χ4v) is 3.86. The van der Waals surface area contributed by atoms with Gasteiger partial charge >= 0.3 is 0 Å². The maximum Gasteiger partial charge on any atom is 0.194 e. The molecule has 1 spiro atoms. The van der Waals surface area contributed by atoms with Crippen LogP contribution in [0.25, 0.3) is 0 Å². The first kappa shape index (κ1) is 18.5. The zero-order chi connectivity index (χ0) is 15.4. The molecule has 3 rings (SSSR count). The summed E-state index contributed by atoms with van der Waals surface area (Å²) < 4.78 is 1.79. The highest BCUT2D eigenvalue weighted by Gasteiger charge is 2.39. The number of nitrogens with zero attached hydrogens (tertiary/aromatic N) is 5. The van der Waals surface area contributed by atoms with Gasteiger partial charge in [0.25, 0.3) is 0 Å². The molecule has 6 nitrogen and oxygen atoms in total. The number of hydrogen-bond acceptors (Lipinski definition) is 3. The van der Waals surface area contributed by atoms with Crippen molar-refractivity contribution in [3.05, 3.63) is 12.2 Å².